The summed E-state index contributed by atoms with van der Waals surface area (Å²) in [5.74, 6) is 0.499. The number of thiophene rings is 1. The average molecular weight is 520 g/mol. The first kappa shape index (κ1) is 24.3. The summed E-state index contributed by atoms with van der Waals surface area (Å²) in [5, 5.41) is 14.2. The second kappa shape index (κ2) is 11.1. The lowest BCUT2D eigenvalue weighted by atomic mass is 10.0. The number of nitrogens with zero attached hydrogens (tertiary/aromatic N) is 5. The van der Waals surface area contributed by atoms with E-state index < -0.39 is 11.3 Å². The Hall–Kier alpha value is -3.40. The highest BCUT2D eigenvalue weighted by Crippen LogP contribution is 2.34. The zero-order valence-electron chi connectivity index (χ0n) is 19.3. The third-order valence-electron chi connectivity index (χ3n) is 5.87. The molecule has 1 aliphatic rings. The molecule has 11 heteroatoms. The summed E-state index contributed by atoms with van der Waals surface area (Å²) in [7, 11) is 0. The highest BCUT2D eigenvalue weighted by atomic mass is 32.2. The van der Waals surface area contributed by atoms with Gasteiger partial charge in [0.25, 0.3) is 0 Å². The van der Waals surface area contributed by atoms with Crippen LogP contribution in [0.4, 0.5) is 17.3 Å². The Bertz CT molecular complexity index is 1410. The van der Waals surface area contributed by atoms with Crippen LogP contribution in [0.5, 0.6) is 0 Å². The molecule has 3 heterocycles. The van der Waals surface area contributed by atoms with Crippen LogP contribution >= 0.6 is 11.3 Å². The van der Waals surface area contributed by atoms with Gasteiger partial charge in [-0.1, -0.05) is 18.2 Å². The summed E-state index contributed by atoms with van der Waals surface area (Å²) in [4.78, 5) is 11.6. The molecule has 0 aliphatic carbocycles. The van der Waals surface area contributed by atoms with E-state index in [1.807, 2.05) is 47.8 Å². The number of ether oxygens (including phenoxy) is 1. The minimum absolute atomic E-state index is 0.127. The molecule has 184 valence electrons. The quantitative estimate of drug-likeness (QED) is 0.274. The van der Waals surface area contributed by atoms with Gasteiger partial charge in [0.05, 0.1) is 42.2 Å². The van der Waals surface area contributed by atoms with Gasteiger partial charge in [0, 0.05) is 53.2 Å². The van der Waals surface area contributed by atoms with Crippen molar-refractivity contribution in [2.45, 2.75) is 6.54 Å². The summed E-state index contributed by atoms with van der Waals surface area (Å²) in [6, 6.07) is 17.7. The Balaban J connectivity index is 1.36. The van der Waals surface area contributed by atoms with E-state index in [0.717, 1.165) is 68.9 Å². The van der Waals surface area contributed by atoms with Crippen LogP contribution in [0.15, 0.2) is 60.1 Å². The summed E-state index contributed by atoms with van der Waals surface area (Å²) in [6.07, 6.45) is 1.81. The molecular formula is C25H23N6O3S2-. The maximum absolute atomic E-state index is 11.4. The third-order valence-corrected chi connectivity index (χ3v) is 7.45. The van der Waals surface area contributed by atoms with Gasteiger partial charge in [-0.15, -0.1) is 11.3 Å². The fourth-order valence-corrected chi connectivity index (χ4v) is 5.37. The van der Waals surface area contributed by atoms with Crippen molar-refractivity contribution in [3.8, 4) is 17.2 Å². The number of nitrogens with one attached hydrogen (secondary N) is 1. The maximum atomic E-state index is 11.4. The molecular weight excluding hydrogens is 496 g/mol. The molecule has 0 saturated carbocycles. The normalized spacial score (nSPS) is 14.6. The van der Waals surface area contributed by atoms with E-state index in [9.17, 15) is 8.76 Å². The Morgan fingerprint density at radius 2 is 2.03 bits per heavy atom. The van der Waals surface area contributed by atoms with E-state index in [4.69, 9.17) is 15.0 Å². The van der Waals surface area contributed by atoms with Crippen LogP contribution in [0.3, 0.4) is 0 Å². The fourth-order valence-electron chi connectivity index (χ4n) is 4.08. The summed E-state index contributed by atoms with van der Waals surface area (Å²) in [6.45, 7) is 3.20. The molecule has 9 nitrogen and oxygen atoms in total. The third kappa shape index (κ3) is 5.53. The van der Waals surface area contributed by atoms with Crippen molar-refractivity contribution in [2.24, 2.45) is 0 Å². The lowest BCUT2D eigenvalue weighted by molar-refractivity contribution is 0.122. The van der Waals surface area contributed by atoms with Gasteiger partial charge in [-0.2, -0.15) is 5.26 Å². The topological polar surface area (TPSA) is 117 Å². The molecule has 36 heavy (non-hydrogen) atoms. The van der Waals surface area contributed by atoms with Crippen LogP contribution in [0, 0.1) is 11.3 Å². The van der Waals surface area contributed by atoms with Crippen LogP contribution in [-0.4, -0.2) is 55.9 Å². The molecule has 1 atom stereocenters. The van der Waals surface area contributed by atoms with E-state index in [1.165, 1.54) is 0 Å². The number of hydrogen-bond acceptors (Lipinski definition) is 9. The molecule has 1 N–H and O–H groups in total. The molecule has 0 radical (unpaired) electrons. The van der Waals surface area contributed by atoms with Crippen LogP contribution in [0.1, 0.15) is 5.56 Å². The standard InChI is InChI=1S/C25H24N6O3S2/c26-8-9-31(36(32)33)16-18-2-1-3-19(14-18)22-17-35-23-15-27-25(29-24(22)23)28-20-4-6-21(7-5-20)30-10-12-34-13-11-30/h1-7,14-15,17H,9-13,16H2,(H,32,33)(H,27,28,29)/p-1. The van der Waals surface area contributed by atoms with Gasteiger partial charge in [-0.25, -0.2) is 14.3 Å². The lowest BCUT2D eigenvalue weighted by Crippen LogP contribution is -2.36. The van der Waals surface area contributed by atoms with Crippen molar-refractivity contribution >= 4 is 50.1 Å². The molecule has 1 aliphatic heterocycles. The molecule has 0 amide bonds. The van der Waals surface area contributed by atoms with Crippen LogP contribution in [0.2, 0.25) is 0 Å². The zero-order valence-corrected chi connectivity index (χ0v) is 20.9. The number of anilines is 3. The SMILES string of the molecule is N#CCN(Cc1cccc(-c2csc3cnc(Nc4ccc(N5CCOCC5)cc4)nc23)c1)S(=O)[O-]. The van der Waals surface area contributed by atoms with E-state index in [1.54, 1.807) is 17.5 Å². The molecule has 5 rings (SSSR count). The smallest absolute Gasteiger partial charge is 0.227 e. The number of fused-ring (bicyclic) bond motifs is 1. The van der Waals surface area contributed by atoms with Crippen molar-refractivity contribution in [3.05, 3.63) is 65.7 Å². The van der Waals surface area contributed by atoms with Gasteiger partial charge in [0.1, 0.15) is 0 Å². The van der Waals surface area contributed by atoms with Gasteiger partial charge in [-0.3, -0.25) is 4.21 Å². The van der Waals surface area contributed by atoms with E-state index >= 15 is 0 Å². The molecule has 1 saturated heterocycles. The minimum atomic E-state index is -2.47. The largest absolute Gasteiger partial charge is 0.760 e. The number of morpholine rings is 1. The number of nitriles is 1. The Labute approximate surface area is 215 Å². The van der Waals surface area contributed by atoms with Gasteiger partial charge >= 0.3 is 0 Å². The van der Waals surface area contributed by atoms with Gasteiger partial charge in [0.15, 0.2) is 0 Å². The number of aromatic nitrogens is 2. The van der Waals surface area contributed by atoms with Crippen LogP contribution in [-0.2, 0) is 22.5 Å². The van der Waals surface area contributed by atoms with Gasteiger partial charge in [-0.05, 0) is 41.5 Å². The maximum Gasteiger partial charge on any atom is 0.227 e. The molecule has 0 bridgehead atoms. The summed E-state index contributed by atoms with van der Waals surface area (Å²) >= 11 is -0.916. The fraction of sp³-hybridized carbons (Fsp3) is 0.240. The first-order valence-electron chi connectivity index (χ1n) is 11.4. The van der Waals surface area contributed by atoms with Crippen LogP contribution < -0.4 is 10.2 Å². The zero-order chi connectivity index (χ0) is 24.9. The summed E-state index contributed by atoms with van der Waals surface area (Å²) in [5.41, 5.74) is 5.54. The predicted octanol–water partition coefficient (Wildman–Crippen LogP) is 4.06. The van der Waals surface area contributed by atoms with Crippen molar-refractivity contribution in [2.75, 3.05) is 43.1 Å². The van der Waals surface area contributed by atoms with Gasteiger partial charge in [0.2, 0.25) is 5.95 Å². The highest BCUT2D eigenvalue weighted by Gasteiger charge is 2.13. The number of rotatable bonds is 8. The Morgan fingerprint density at radius 1 is 1.22 bits per heavy atom. The van der Waals surface area contributed by atoms with Crippen molar-refractivity contribution < 1.29 is 13.5 Å². The van der Waals surface area contributed by atoms with Gasteiger partial charge < -0.3 is 19.5 Å². The second-order valence-electron chi connectivity index (χ2n) is 8.20. The van der Waals surface area contributed by atoms with E-state index in [2.05, 4.69) is 27.3 Å². The molecule has 2 aromatic carbocycles. The van der Waals surface area contributed by atoms with Crippen molar-refractivity contribution in [3.63, 3.8) is 0 Å². The second-order valence-corrected chi connectivity index (χ2v) is 10.1. The molecule has 1 unspecified atom stereocenters. The molecule has 4 aromatic rings. The average Bonchev–Trinajstić information content (AvgIpc) is 3.33. The highest BCUT2D eigenvalue weighted by molar-refractivity contribution is 7.76. The lowest BCUT2D eigenvalue weighted by Gasteiger charge is -2.28. The predicted molar refractivity (Wildman–Crippen MR) is 141 cm³/mol. The Kier molecular flexibility index (Phi) is 7.50. The van der Waals surface area contributed by atoms with E-state index in [0.29, 0.717) is 5.95 Å². The molecule has 2 aromatic heterocycles. The molecule has 1 fully saturated rings. The first-order chi connectivity index (χ1) is 17.6. The van der Waals surface area contributed by atoms with Crippen molar-refractivity contribution in [1.29, 1.82) is 5.26 Å². The monoisotopic (exact) mass is 519 g/mol. The van der Waals surface area contributed by atoms with E-state index in [-0.39, 0.29) is 13.1 Å². The molecule has 0 spiro atoms. The van der Waals surface area contributed by atoms with Crippen LogP contribution in [0.25, 0.3) is 21.3 Å². The Morgan fingerprint density at radius 3 is 2.78 bits per heavy atom. The number of hydrogen-bond donors (Lipinski definition) is 1. The number of benzene rings is 2. The van der Waals surface area contributed by atoms with Crippen molar-refractivity contribution in [1.82, 2.24) is 14.3 Å². The summed E-state index contributed by atoms with van der Waals surface area (Å²) < 4.78 is 30.3. The minimum Gasteiger partial charge on any atom is -0.760 e. The first-order valence-corrected chi connectivity index (χ1v) is 13.3.